The summed E-state index contributed by atoms with van der Waals surface area (Å²) in [6.45, 7) is 1.84. The lowest BCUT2D eigenvalue weighted by Gasteiger charge is -2.13. The molecule has 0 fully saturated rings. The number of nitrogens with zero attached hydrogens (tertiary/aromatic N) is 2. The van der Waals surface area contributed by atoms with E-state index in [-0.39, 0.29) is 31.0 Å². The van der Waals surface area contributed by atoms with Gasteiger partial charge in [0.1, 0.15) is 12.4 Å². The van der Waals surface area contributed by atoms with Crippen LogP contribution in [0.25, 0.3) is 10.9 Å². The van der Waals surface area contributed by atoms with Crippen molar-refractivity contribution in [2.24, 2.45) is 0 Å². The van der Waals surface area contributed by atoms with Gasteiger partial charge in [-0.3, -0.25) is 18.7 Å². The number of hydrogen-bond acceptors (Lipinski definition) is 3. The molecule has 0 atom stereocenters. The fourth-order valence-electron chi connectivity index (χ4n) is 2.85. The van der Waals surface area contributed by atoms with Crippen LogP contribution in [0.1, 0.15) is 12.5 Å². The average Bonchev–Trinajstić information content (AvgIpc) is 2.64. The average molecular weight is 355 g/mol. The van der Waals surface area contributed by atoms with E-state index < -0.39 is 11.6 Å². The van der Waals surface area contributed by atoms with Crippen LogP contribution in [0.4, 0.5) is 4.39 Å². The highest BCUT2D eigenvalue weighted by Gasteiger charge is 2.14. The van der Waals surface area contributed by atoms with Gasteiger partial charge in [-0.05, 0) is 36.8 Å². The molecule has 3 rings (SSSR count). The number of benzene rings is 2. The molecule has 0 aliphatic heterocycles. The summed E-state index contributed by atoms with van der Waals surface area (Å²) in [5.41, 5.74) is 0.129. The van der Waals surface area contributed by atoms with E-state index in [1.165, 1.54) is 16.7 Å². The lowest BCUT2D eigenvalue weighted by molar-refractivity contribution is -0.121. The van der Waals surface area contributed by atoms with Crippen LogP contribution in [-0.2, 0) is 24.4 Å². The zero-order valence-corrected chi connectivity index (χ0v) is 14.2. The molecule has 0 saturated carbocycles. The largest absolute Gasteiger partial charge is 0.350 e. The van der Waals surface area contributed by atoms with Crippen molar-refractivity contribution in [3.8, 4) is 0 Å². The van der Waals surface area contributed by atoms with Crippen molar-refractivity contribution in [2.75, 3.05) is 0 Å². The molecule has 0 saturated heterocycles. The first-order chi connectivity index (χ1) is 12.5. The molecule has 1 aromatic heterocycles. The standard InChI is InChI=1S/C19H18FN3O3/c1-2-22-18(25)15-8-3-4-9-16(15)23(19(22)26)12-17(24)21-11-13-6-5-7-14(20)10-13/h3-10H,2,11-12H2,1H3,(H,21,24). The van der Waals surface area contributed by atoms with E-state index in [9.17, 15) is 18.8 Å². The highest BCUT2D eigenvalue weighted by molar-refractivity contribution is 5.81. The number of fused-ring (bicyclic) bond motifs is 1. The molecule has 0 aliphatic carbocycles. The van der Waals surface area contributed by atoms with Gasteiger partial charge in [0.15, 0.2) is 0 Å². The maximum atomic E-state index is 13.2. The molecule has 0 unspecified atom stereocenters. The summed E-state index contributed by atoms with van der Waals surface area (Å²) in [6.07, 6.45) is 0. The monoisotopic (exact) mass is 355 g/mol. The first-order valence-corrected chi connectivity index (χ1v) is 8.24. The number of carbonyl (C=O) groups excluding carboxylic acids is 1. The van der Waals surface area contributed by atoms with Gasteiger partial charge in [0.25, 0.3) is 5.56 Å². The van der Waals surface area contributed by atoms with Crippen LogP contribution in [0.5, 0.6) is 0 Å². The summed E-state index contributed by atoms with van der Waals surface area (Å²) in [7, 11) is 0. The van der Waals surface area contributed by atoms with Gasteiger partial charge in [-0.1, -0.05) is 24.3 Å². The van der Waals surface area contributed by atoms with Crippen molar-refractivity contribution in [3.05, 3.63) is 80.7 Å². The van der Waals surface area contributed by atoms with Crippen molar-refractivity contribution >= 4 is 16.8 Å². The van der Waals surface area contributed by atoms with Gasteiger partial charge >= 0.3 is 5.69 Å². The molecule has 134 valence electrons. The Morgan fingerprint density at radius 3 is 2.58 bits per heavy atom. The Kier molecular flexibility index (Phi) is 4.97. The van der Waals surface area contributed by atoms with Gasteiger partial charge in [0.05, 0.1) is 10.9 Å². The van der Waals surface area contributed by atoms with E-state index in [1.807, 2.05) is 0 Å². The van der Waals surface area contributed by atoms with Gasteiger partial charge in [0, 0.05) is 13.1 Å². The minimum atomic E-state index is -0.530. The summed E-state index contributed by atoms with van der Waals surface area (Å²) in [5, 5.41) is 3.05. The van der Waals surface area contributed by atoms with E-state index in [2.05, 4.69) is 5.32 Å². The van der Waals surface area contributed by atoms with Crippen LogP contribution in [0.15, 0.2) is 58.1 Å². The Balaban J connectivity index is 1.89. The van der Waals surface area contributed by atoms with Crippen molar-refractivity contribution in [1.82, 2.24) is 14.5 Å². The Morgan fingerprint density at radius 2 is 1.85 bits per heavy atom. The smallest absolute Gasteiger partial charge is 0.331 e. The van der Waals surface area contributed by atoms with Crippen LogP contribution in [0.3, 0.4) is 0 Å². The summed E-state index contributed by atoms with van der Waals surface area (Å²) >= 11 is 0. The van der Waals surface area contributed by atoms with Gasteiger partial charge in [-0.25, -0.2) is 9.18 Å². The second-order valence-electron chi connectivity index (χ2n) is 5.84. The van der Waals surface area contributed by atoms with E-state index in [4.69, 9.17) is 0 Å². The number of hydrogen-bond donors (Lipinski definition) is 1. The van der Waals surface area contributed by atoms with Gasteiger partial charge in [0.2, 0.25) is 5.91 Å². The lowest BCUT2D eigenvalue weighted by Crippen LogP contribution is -2.42. The molecule has 7 heteroatoms. The van der Waals surface area contributed by atoms with Crippen molar-refractivity contribution < 1.29 is 9.18 Å². The number of nitrogens with one attached hydrogen (secondary N) is 1. The van der Waals surface area contributed by atoms with Gasteiger partial charge < -0.3 is 5.32 Å². The van der Waals surface area contributed by atoms with Crippen LogP contribution in [0, 0.1) is 5.82 Å². The molecule has 0 aliphatic rings. The maximum absolute atomic E-state index is 13.2. The van der Waals surface area contributed by atoms with Crippen molar-refractivity contribution in [3.63, 3.8) is 0 Å². The minimum absolute atomic E-state index is 0.149. The SMILES string of the molecule is CCn1c(=O)c2ccccc2n(CC(=O)NCc2cccc(F)c2)c1=O. The highest BCUT2D eigenvalue weighted by atomic mass is 19.1. The molecule has 2 aromatic carbocycles. The summed E-state index contributed by atoms with van der Waals surface area (Å²) in [4.78, 5) is 37.3. The zero-order chi connectivity index (χ0) is 18.7. The van der Waals surface area contributed by atoms with Crippen LogP contribution < -0.4 is 16.6 Å². The Bertz CT molecular complexity index is 1090. The lowest BCUT2D eigenvalue weighted by atomic mass is 10.2. The molecule has 0 spiro atoms. The molecule has 0 bridgehead atoms. The quantitative estimate of drug-likeness (QED) is 0.756. The summed E-state index contributed by atoms with van der Waals surface area (Å²) in [6, 6.07) is 12.6. The number of para-hydroxylation sites is 1. The van der Waals surface area contributed by atoms with Crippen LogP contribution >= 0.6 is 0 Å². The zero-order valence-electron chi connectivity index (χ0n) is 14.2. The van der Waals surface area contributed by atoms with Crippen molar-refractivity contribution in [1.29, 1.82) is 0 Å². The molecule has 1 N–H and O–H groups in total. The first-order valence-electron chi connectivity index (χ1n) is 8.24. The maximum Gasteiger partial charge on any atom is 0.331 e. The minimum Gasteiger partial charge on any atom is -0.350 e. The third kappa shape index (κ3) is 3.42. The van der Waals surface area contributed by atoms with E-state index >= 15 is 0 Å². The molecule has 3 aromatic rings. The molecule has 1 heterocycles. The molecular formula is C19H18FN3O3. The van der Waals surface area contributed by atoms with Gasteiger partial charge in [-0.2, -0.15) is 0 Å². The van der Waals surface area contributed by atoms with Gasteiger partial charge in [-0.15, -0.1) is 0 Å². The fourth-order valence-corrected chi connectivity index (χ4v) is 2.85. The normalized spacial score (nSPS) is 10.8. The second kappa shape index (κ2) is 7.35. The number of aromatic nitrogens is 2. The number of rotatable bonds is 5. The van der Waals surface area contributed by atoms with Crippen LogP contribution in [-0.4, -0.2) is 15.0 Å². The molecule has 1 amide bonds. The topological polar surface area (TPSA) is 73.1 Å². The molecule has 26 heavy (non-hydrogen) atoms. The number of halogens is 1. The molecule has 6 nitrogen and oxygen atoms in total. The second-order valence-corrected chi connectivity index (χ2v) is 5.84. The Labute approximate surface area is 148 Å². The first kappa shape index (κ1) is 17.6. The Morgan fingerprint density at radius 1 is 1.08 bits per heavy atom. The third-order valence-corrected chi connectivity index (χ3v) is 4.13. The molecular weight excluding hydrogens is 337 g/mol. The van der Waals surface area contributed by atoms with E-state index in [1.54, 1.807) is 43.3 Å². The predicted molar refractivity (Wildman–Crippen MR) is 96.4 cm³/mol. The highest BCUT2D eigenvalue weighted by Crippen LogP contribution is 2.07. The fraction of sp³-hybridized carbons (Fsp3) is 0.211. The summed E-state index contributed by atoms with van der Waals surface area (Å²) in [5.74, 6) is -0.781. The van der Waals surface area contributed by atoms with Crippen molar-refractivity contribution in [2.45, 2.75) is 26.6 Å². The third-order valence-electron chi connectivity index (χ3n) is 4.13. The number of amides is 1. The van der Waals surface area contributed by atoms with Crippen LogP contribution in [0.2, 0.25) is 0 Å². The molecule has 0 radical (unpaired) electrons. The number of carbonyl (C=O) groups is 1. The van der Waals surface area contributed by atoms with E-state index in [0.717, 1.165) is 4.57 Å². The summed E-state index contributed by atoms with van der Waals surface area (Å²) < 4.78 is 15.6. The predicted octanol–water partition coefficient (Wildman–Crippen LogP) is 1.64. The Hall–Kier alpha value is -3.22. The van der Waals surface area contributed by atoms with E-state index in [0.29, 0.717) is 16.5 Å².